The third-order valence-electron chi connectivity index (χ3n) is 3.20. The minimum Gasteiger partial charge on any atom is -0.258 e. The van der Waals surface area contributed by atoms with Crippen molar-refractivity contribution in [1.82, 2.24) is 20.2 Å². The van der Waals surface area contributed by atoms with Crippen LogP contribution >= 0.6 is 11.8 Å². The zero-order valence-electron chi connectivity index (χ0n) is 12.7. The summed E-state index contributed by atoms with van der Waals surface area (Å²) < 4.78 is 1.56. The van der Waals surface area contributed by atoms with Gasteiger partial charge in [0.1, 0.15) is 0 Å². The first-order chi connectivity index (χ1) is 12.2. The van der Waals surface area contributed by atoms with E-state index in [1.165, 1.54) is 30.0 Å². The van der Waals surface area contributed by atoms with Gasteiger partial charge in [-0.25, -0.2) is 0 Å². The Morgan fingerprint density at radius 3 is 2.56 bits per heavy atom. The van der Waals surface area contributed by atoms with Gasteiger partial charge < -0.3 is 0 Å². The van der Waals surface area contributed by atoms with Gasteiger partial charge >= 0.3 is 0 Å². The highest BCUT2D eigenvalue weighted by Crippen LogP contribution is 2.34. The van der Waals surface area contributed by atoms with E-state index in [2.05, 4.69) is 15.5 Å². The van der Waals surface area contributed by atoms with Gasteiger partial charge in [0, 0.05) is 23.1 Å². The van der Waals surface area contributed by atoms with E-state index in [0.29, 0.717) is 15.6 Å². The number of hydrogen-bond donors (Lipinski definition) is 0. The van der Waals surface area contributed by atoms with Crippen molar-refractivity contribution >= 4 is 22.4 Å². The smallest absolute Gasteiger partial charge is 0.258 e. The van der Waals surface area contributed by atoms with Crippen molar-refractivity contribution in [3.63, 3.8) is 0 Å². The lowest BCUT2D eigenvalue weighted by molar-refractivity contribution is -0.384. The molecule has 0 radical (unpaired) electrons. The lowest BCUT2D eigenvalue weighted by Crippen LogP contribution is -1.98. The Balaban J connectivity index is 1.92. The van der Waals surface area contributed by atoms with Crippen molar-refractivity contribution in [3.8, 4) is 11.8 Å². The minimum absolute atomic E-state index is 0.0147. The molecule has 0 atom stereocenters. The molecule has 2 aromatic carbocycles. The first-order valence-electron chi connectivity index (χ1n) is 7.05. The third kappa shape index (κ3) is 3.70. The fraction of sp³-hybridized carbons (Fsp3) is 0. The normalized spacial score (nSPS) is 11.1. The summed E-state index contributed by atoms with van der Waals surface area (Å²) in [7, 11) is 0. The molecular weight excluding hydrogens is 340 g/mol. The number of non-ortho nitro benzene ring substituents is 1. The molecule has 0 amide bonds. The number of nitro benzene ring substituents is 1. The topological polar surface area (TPSA) is 111 Å². The molecule has 0 saturated heterocycles. The maximum Gasteiger partial charge on any atom is 0.269 e. The average Bonchev–Trinajstić information content (AvgIpc) is 3.10. The Morgan fingerprint density at radius 2 is 1.92 bits per heavy atom. The standard InChI is InChI=1S/C16H10N6O2S/c17-11-10-15(12-6-8-14(9-7-12)22(23)24)25-16-18-19-20-21(16)13-4-2-1-3-5-13/h1-10H/b15-10+. The molecule has 0 aliphatic heterocycles. The average molecular weight is 350 g/mol. The number of benzene rings is 2. The predicted octanol–water partition coefficient (Wildman–Crippen LogP) is 3.23. The van der Waals surface area contributed by atoms with Crippen molar-refractivity contribution < 1.29 is 4.92 Å². The molecule has 122 valence electrons. The molecule has 0 unspecified atom stereocenters. The molecule has 0 aliphatic rings. The van der Waals surface area contributed by atoms with Crippen LogP contribution in [0.25, 0.3) is 10.6 Å². The van der Waals surface area contributed by atoms with Crippen molar-refractivity contribution in [1.29, 1.82) is 5.26 Å². The van der Waals surface area contributed by atoms with Crippen LogP contribution in [-0.2, 0) is 0 Å². The summed E-state index contributed by atoms with van der Waals surface area (Å²) in [5.74, 6) is 0. The summed E-state index contributed by atoms with van der Waals surface area (Å²) in [4.78, 5) is 10.9. The zero-order valence-corrected chi connectivity index (χ0v) is 13.5. The Labute approximate surface area is 146 Å². The zero-order chi connectivity index (χ0) is 17.6. The van der Waals surface area contributed by atoms with Gasteiger partial charge in [-0.3, -0.25) is 10.1 Å². The molecule has 3 rings (SSSR count). The van der Waals surface area contributed by atoms with Crippen LogP contribution in [0.15, 0.2) is 65.8 Å². The second-order valence-electron chi connectivity index (χ2n) is 4.75. The first kappa shape index (κ1) is 16.4. The van der Waals surface area contributed by atoms with Gasteiger partial charge in [-0.15, -0.1) is 5.10 Å². The largest absolute Gasteiger partial charge is 0.269 e. The highest BCUT2D eigenvalue weighted by Gasteiger charge is 2.14. The van der Waals surface area contributed by atoms with Crippen LogP contribution in [0.1, 0.15) is 5.56 Å². The van der Waals surface area contributed by atoms with Crippen molar-refractivity contribution in [2.45, 2.75) is 5.16 Å². The van der Waals surface area contributed by atoms with Gasteiger partial charge in [0.25, 0.3) is 5.69 Å². The van der Waals surface area contributed by atoms with E-state index in [1.807, 2.05) is 36.4 Å². The number of tetrazole rings is 1. The quantitative estimate of drug-likeness (QED) is 0.300. The van der Waals surface area contributed by atoms with Crippen LogP contribution in [0.2, 0.25) is 0 Å². The molecule has 0 fully saturated rings. The SMILES string of the molecule is N#C/C=C(/Sc1nnnn1-c1ccccc1)c1ccc([N+](=O)[O-])cc1. The predicted molar refractivity (Wildman–Crippen MR) is 91.7 cm³/mol. The van der Waals surface area contributed by atoms with Crippen molar-refractivity contribution in [2.24, 2.45) is 0 Å². The number of nitro groups is 1. The van der Waals surface area contributed by atoms with E-state index in [-0.39, 0.29) is 5.69 Å². The van der Waals surface area contributed by atoms with Gasteiger partial charge in [-0.05, 0) is 52.0 Å². The summed E-state index contributed by atoms with van der Waals surface area (Å²) in [5, 5.41) is 31.9. The Hall–Kier alpha value is -3.51. The maximum absolute atomic E-state index is 10.8. The third-order valence-corrected chi connectivity index (χ3v) is 4.21. The monoisotopic (exact) mass is 350 g/mol. The van der Waals surface area contributed by atoms with Gasteiger partial charge in [0.2, 0.25) is 5.16 Å². The summed E-state index contributed by atoms with van der Waals surface area (Å²) >= 11 is 1.20. The van der Waals surface area contributed by atoms with Crippen LogP contribution < -0.4 is 0 Å². The molecule has 1 heterocycles. The second-order valence-corrected chi connectivity index (χ2v) is 5.76. The van der Waals surface area contributed by atoms with E-state index in [1.54, 1.807) is 16.8 Å². The number of nitrogens with zero attached hydrogens (tertiary/aromatic N) is 6. The number of para-hydroxylation sites is 1. The number of thioether (sulfide) groups is 1. The number of rotatable bonds is 5. The van der Waals surface area contributed by atoms with Gasteiger partial charge in [-0.2, -0.15) is 9.94 Å². The summed E-state index contributed by atoms with van der Waals surface area (Å²) in [6, 6.07) is 17.3. The fourth-order valence-electron chi connectivity index (χ4n) is 2.05. The number of aromatic nitrogens is 4. The fourth-order valence-corrected chi connectivity index (χ4v) is 2.92. The summed E-state index contributed by atoms with van der Waals surface area (Å²) in [5.41, 5.74) is 1.44. The minimum atomic E-state index is -0.472. The van der Waals surface area contributed by atoms with E-state index < -0.39 is 4.92 Å². The molecule has 0 N–H and O–H groups in total. The molecule has 0 bridgehead atoms. The number of hydrogen-bond acceptors (Lipinski definition) is 7. The van der Waals surface area contributed by atoms with E-state index in [0.717, 1.165) is 5.69 Å². The second kappa shape index (κ2) is 7.37. The van der Waals surface area contributed by atoms with Crippen molar-refractivity contribution in [3.05, 3.63) is 76.4 Å². The van der Waals surface area contributed by atoms with Gasteiger partial charge in [0.05, 0.1) is 16.7 Å². The van der Waals surface area contributed by atoms with Crippen LogP contribution in [0.5, 0.6) is 0 Å². The number of allylic oxidation sites excluding steroid dienone is 1. The van der Waals surface area contributed by atoms with Crippen LogP contribution in [0, 0.1) is 21.4 Å². The highest BCUT2D eigenvalue weighted by atomic mass is 32.2. The molecule has 9 heteroatoms. The molecule has 8 nitrogen and oxygen atoms in total. The van der Waals surface area contributed by atoms with Gasteiger partial charge in [0.15, 0.2) is 0 Å². The maximum atomic E-state index is 10.8. The van der Waals surface area contributed by atoms with Crippen LogP contribution in [-0.4, -0.2) is 25.1 Å². The molecular formula is C16H10N6O2S. The Bertz CT molecular complexity index is 960. The van der Waals surface area contributed by atoms with E-state index in [4.69, 9.17) is 5.26 Å². The van der Waals surface area contributed by atoms with Crippen LogP contribution in [0.3, 0.4) is 0 Å². The Kier molecular flexibility index (Phi) is 4.82. The number of nitriles is 1. The van der Waals surface area contributed by atoms with E-state index >= 15 is 0 Å². The molecule has 1 aromatic heterocycles. The molecule has 0 spiro atoms. The summed E-state index contributed by atoms with van der Waals surface area (Å²) in [6.07, 6.45) is 1.36. The van der Waals surface area contributed by atoms with Crippen LogP contribution in [0.4, 0.5) is 5.69 Å². The lowest BCUT2D eigenvalue weighted by atomic mass is 10.2. The van der Waals surface area contributed by atoms with Crippen molar-refractivity contribution in [2.75, 3.05) is 0 Å². The summed E-state index contributed by atoms with van der Waals surface area (Å²) in [6.45, 7) is 0. The Morgan fingerprint density at radius 1 is 1.20 bits per heavy atom. The van der Waals surface area contributed by atoms with E-state index in [9.17, 15) is 10.1 Å². The lowest BCUT2D eigenvalue weighted by Gasteiger charge is -2.07. The molecule has 0 aliphatic carbocycles. The molecule has 3 aromatic rings. The molecule has 0 saturated carbocycles. The molecule has 25 heavy (non-hydrogen) atoms. The van der Waals surface area contributed by atoms with Gasteiger partial charge in [-0.1, -0.05) is 18.2 Å². The highest BCUT2D eigenvalue weighted by molar-refractivity contribution is 8.08. The first-order valence-corrected chi connectivity index (χ1v) is 7.87.